The summed E-state index contributed by atoms with van der Waals surface area (Å²) in [6.07, 6.45) is 6.57. The van der Waals surface area contributed by atoms with E-state index in [1.165, 1.54) is 19.3 Å². The van der Waals surface area contributed by atoms with Crippen LogP contribution in [0.3, 0.4) is 0 Å². The first-order valence-corrected chi connectivity index (χ1v) is 6.04. The topological polar surface area (TPSA) is 56.0 Å². The van der Waals surface area contributed by atoms with E-state index >= 15 is 0 Å². The molecule has 2 N–H and O–H groups in total. The quantitative estimate of drug-likeness (QED) is 0.696. The van der Waals surface area contributed by atoms with Crippen molar-refractivity contribution in [2.24, 2.45) is 5.92 Å². The SMILES string of the molecule is CC(CCO)NC1CCCCCC1C#N. The van der Waals surface area contributed by atoms with E-state index < -0.39 is 0 Å². The number of rotatable bonds is 4. The van der Waals surface area contributed by atoms with Gasteiger partial charge in [-0.05, 0) is 26.2 Å². The Kier molecular flexibility index (Phi) is 5.67. The minimum Gasteiger partial charge on any atom is -0.396 e. The maximum Gasteiger partial charge on any atom is 0.0672 e. The lowest BCUT2D eigenvalue weighted by atomic mass is 9.95. The molecule has 0 saturated heterocycles. The molecule has 0 aromatic rings. The molecule has 1 fully saturated rings. The van der Waals surface area contributed by atoms with Gasteiger partial charge in [0, 0.05) is 18.7 Å². The van der Waals surface area contributed by atoms with Crippen molar-refractivity contribution in [2.75, 3.05) is 6.61 Å². The van der Waals surface area contributed by atoms with Crippen LogP contribution in [0.15, 0.2) is 0 Å². The molecular weight excluding hydrogens is 188 g/mol. The van der Waals surface area contributed by atoms with Gasteiger partial charge in [0.05, 0.1) is 12.0 Å². The Labute approximate surface area is 92.5 Å². The van der Waals surface area contributed by atoms with Crippen LogP contribution in [0.25, 0.3) is 0 Å². The Morgan fingerprint density at radius 1 is 1.40 bits per heavy atom. The van der Waals surface area contributed by atoms with Crippen molar-refractivity contribution in [3.8, 4) is 6.07 Å². The Morgan fingerprint density at radius 3 is 2.80 bits per heavy atom. The summed E-state index contributed by atoms with van der Waals surface area (Å²) in [5.41, 5.74) is 0. The number of nitriles is 1. The lowest BCUT2D eigenvalue weighted by Gasteiger charge is -2.24. The van der Waals surface area contributed by atoms with Gasteiger partial charge >= 0.3 is 0 Å². The molecule has 0 aliphatic heterocycles. The van der Waals surface area contributed by atoms with Crippen molar-refractivity contribution in [3.05, 3.63) is 0 Å². The van der Waals surface area contributed by atoms with Gasteiger partial charge in [0.2, 0.25) is 0 Å². The Bertz CT molecular complexity index is 212. The van der Waals surface area contributed by atoms with Crippen LogP contribution < -0.4 is 5.32 Å². The highest BCUT2D eigenvalue weighted by Gasteiger charge is 2.24. The fourth-order valence-electron chi connectivity index (χ4n) is 2.30. The molecule has 1 saturated carbocycles. The van der Waals surface area contributed by atoms with Crippen molar-refractivity contribution in [2.45, 2.75) is 57.5 Å². The van der Waals surface area contributed by atoms with Crippen LogP contribution in [-0.2, 0) is 0 Å². The van der Waals surface area contributed by atoms with Crippen LogP contribution in [0.2, 0.25) is 0 Å². The number of hydrogen-bond acceptors (Lipinski definition) is 3. The predicted octanol–water partition coefficient (Wildman–Crippen LogP) is 1.82. The zero-order valence-corrected chi connectivity index (χ0v) is 9.58. The van der Waals surface area contributed by atoms with Gasteiger partial charge in [-0.1, -0.05) is 19.3 Å². The molecule has 0 amide bonds. The summed E-state index contributed by atoms with van der Waals surface area (Å²) in [5, 5.41) is 21.4. The largest absolute Gasteiger partial charge is 0.396 e. The summed E-state index contributed by atoms with van der Waals surface area (Å²) >= 11 is 0. The fourth-order valence-corrected chi connectivity index (χ4v) is 2.30. The molecule has 15 heavy (non-hydrogen) atoms. The third kappa shape index (κ3) is 4.19. The Morgan fingerprint density at radius 2 is 2.13 bits per heavy atom. The summed E-state index contributed by atoms with van der Waals surface area (Å²) < 4.78 is 0. The zero-order chi connectivity index (χ0) is 11.1. The van der Waals surface area contributed by atoms with Gasteiger partial charge in [-0.15, -0.1) is 0 Å². The average Bonchev–Trinajstić information content (AvgIpc) is 2.43. The van der Waals surface area contributed by atoms with Crippen LogP contribution in [0.5, 0.6) is 0 Å². The first-order valence-electron chi connectivity index (χ1n) is 6.04. The van der Waals surface area contributed by atoms with Gasteiger partial charge in [-0.3, -0.25) is 0 Å². The molecule has 0 aromatic carbocycles. The minimum absolute atomic E-state index is 0.161. The molecule has 0 bridgehead atoms. The van der Waals surface area contributed by atoms with Crippen molar-refractivity contribution in [3.63, 3.8) is 0 Å². The third-order valence-electron chi connectivity index (χ3n) is 3.24. The van der Waals surface area contributed by atoms with Gasteiger partial charge in [0.1, 0.15) is 0 Å². The van der Waals surface area contributed by atoms with Gasteiger partial charge in [-0.2, -0.15) is 5.26 Å². The number of nitrogens with one attached hydrogen (secondary N) is 1. The summed E-state index contributed by atoms with van der Waals surface area (Å²) in [4.78, 5) is 0. The smallest absolute Gasteiger partial charge is 0.0672 e. The van der Waals surface area contributed by atoms with E-state index in [0.717, 1.165) is 19.3 Å². The molecule has 3 heteroatoms. The highest BCUT2D eigenvalue weighted by Crippen LogP contribution is 2.23. The molecular formula is C12H22N2O. The molecule has 1 aliphatic carbocycles. The van der Waals surface area contributed by atoms with Gasteiger partial charge in [0.15, 0.2) is 0 Å². The fraction of sp³-hybridized carbons (Fsp3) is 0.917. The molecule has 1 rings (SSSR count). The molecule has 1 aliphatic rings. The summed E-state index contributed by atoms with van der Waals surface area (Å²) in [6.45, 7) is 2.30. The molecule has 0 aromatic heterocycles. The van der Waals surface area contributed by atoms with Crippen LogP contribution >= 0.6 is 0 Å². The van der Waals surface area contributed by atoms with E-state index in [2.05, 4.69) is 18.3 Å². The predicted molar refractivity (Wildman–Crippen MR) is 60.3 cm³/mol. The monoisotopic (exact) mass is 210 g/mol. The number of aliphatic hydroxyl groups excluding tert-OH is 1. The third-order valence-corrected chi connectivity index (χ3v) is 3.24. The van der Waals surface area contributed by atoms with Crippen LogP contribution in [0.1, 0.15) is 45.4 Å². The van der Waals surface area contributed by atoms with Crippen molar-refractivity contribution in [1.29, 1.82) is 5.26 Å². The second-order valence-corrected chi connectivity index (χ2v) is 4.56. The second-order valence-electron chi connectivity index (χ2n) is 4.56. The van der Waals surface area contributed by atoms with E-state index in [1.807, 2.05) is 0 Å². The maximum atomic E-state index is 9.09. The van der Waals surface area contributed by atoms with Crippen LogP contribution in [0.4, 0.5) is 0 Å². The molecule has 0 radical (unpaired) electrons. The lowest BCUT2D eigenvalue weighted by Crippen LogP contribution is -2.41. The van der Waals surface area contributed by atoms with E-state index in [4.69, 9.17) is 10.4 Å². The Hall–Kier alpha value is -0.590. The highest BCUT2D eigenvalue weighted by atomic mass is 16.3. The molecule has 3 unspecified atom stereocenters. The van der Waals surface area contributed by atoms with Gasteiger partial charge in [0.25, 0.3) is 0 Å². The van der Waals surface area contributed by atoms with Crippen LogP contribution in [-0.4, -0.2) is 23.8 Å². The normalized spacial score (nSPS) is 29.1. The minimum atomic E-state index is 0.161. The number of aliphatic hydroxyl groups is 1. The van der Waals surface area contributed by atoms with Crippen LogP contribution in [0, 0.1) is 17.2 Å². The molecule has 0 heterocycles. The van der Waals surface area contributed by atoms with E-state index in [9.17, 15) is 0 Å². The average molecular weight is 210 g/mol. The van der Waals surface area contributed by atoms with Crippen molar-refractivity contribution < 1.29 is 5.11 Å². The zero-order valence-electron chi connectivity index (χ0n) is 9.58. The highest BCUT2D eigenvalue weighted by molar-refractivity contribution is 4.94. The molecule has 3 nitrogen and oxygen atoms in total. The van der Waals surface area contributed by atoms with Gasteiger partial charge in [-0.25, -0.2) is 0 Å². The first-order chi connectivity index (χ1) is 7.27. The summed E-state index contributed by atoms with van der Waals surface area (Å²) in [6, 6.07) is 3.06. The Balaban J connectivity index is 2.44. The number of hydrogen-bond donors (Lipinski definition) is 2. The van der Waals surface area contributed by atoms with Crippen molar-refractivity contribution >= 4 is 0 Å². The van der Waals surface area contributed by atoms with E-state index in [0.29, 0.717) is 12.1 Å². The standard InChI is InChI=1S/C12H22N2O/c1-10(7-8-15)14-12-6-4-2-3-5-11(12)9-13/h10-12,14-15H,2-8H2,1H3. The first kappa shape index (κ1) is 12.5. The van der Waals surface area contributed by atoms with E-state index in [1.54, 1.807) is 0 Å². The van der Waals surface area contributed by atoms with Crippen molar-refractivity contribution in [1.82, 2.24) is 5.32 Å². The lowest BCUT2D eigenvalue weighted by molar-refractivity contribution is 0.254. The molecule has 0 spiro atoms. The summed E-state index contributed by atoms with van der Waals surface area (Å²) in [7, 11) is 0. The second kappa shape index (κ2) is 6.81. The van der Waals surface area contributed by atoms with Gasteiger partial charge < -0.3 is 10.4 Å². The summed E-state index contributed by atoms with van der Waals surface area (Å²) in [5.74, 6) is 0.161. The van der Waals surface area contributed by atoms with E-state index in [-0.39, 0.29) is 12.5 Å². The number of nitrogens with zero attached hydrogens (tertiary/aromatic N) is 1. The molecule has 86 valence electrons. The maximum absolute atomic E-state index is 9.09. The molecule has 3 atom stereocenters.